The Morgan fingerprint density at radius 3 is 2.53 bits per heavy atom. The quantitative estimate of drug-likeness (QED) is 0.652. The summed E-state index contributed by atoms with van der Waals surface area (Å²) in [5.74, 6) is 5.39. The molecule has 1 heterocycles. The third-order valence-corrected chi connectivity index (χ3v) is 3.04. The zero-order valence-electron chi connectivity index (χ0n) is 11.0. The predicted molar refractivity (Wildman–Crippen MR) is 71.7 cm³/mol. The van der Waals surface area contributed by atoms with Gasteiger partial charge in [0.2, 0.25) is 0 Å². The molecule has 0 aliphatic rings. The van der Waals surface area contributed by atoms with Crippen LogP contribution in [0.3, 0.4) is 0 Å². The van der Waals surface area contributed by atoms with Crippen LogP contribution in [-0.4, -0.2) is 10.2 Å². The number of aromatic nitrogens is 2. The van der Waals surface area contributed by atoms with Gasteiger partial charge in [0, 0.05) is 5.56 Å². The topological polar surface area (TPSA) is 63.8 Å². The number of hydrogen-bond donors (Lipinski definition) is 2. The third kappa shape index (κ3) is 2.94. The highest BCUT2D eigenvalue weighted by molar-refractivity contribution is 5.34. The lowest BCUT2D eigenvalue weighted by Crippen LogP contribution is -2.30. The molecule has 2 aromatic rings. The molecule has 2 rings (SSSR count). The molecule has 4 nitrogen and oxygen atoms in total. The molecule has 19 heavy (non-hydrogen) atoms. The van der Waals surface area contributed by atoms with Crippen molar-refractivity contribution < 1.29 is 4.39 Å². The van der Waals surface area contributed by atoms with Crippen molar-refractivity contribution >= 4 is 0 Å². The molecule has 0 fully saturated rings. The lowest BCUT2D eigenvalue weighted by Gasteiger charge is -2.19. The Hall–Kier alpha value is -1.85. The van der Waals surface area contributed by atoms with Crippen LogP contribution >= 0.6 is 0 Å². The van der Waals surface area contributed by atoms with Gasteiger partial charge in [-0.15, -0.1) is 0 Å². The Morgan fingerprint density at radius 1 is 1.26 bits per heavy atom. The van der Waals surface area contributed by atoms with Crippen molar-refractivity contribution in [3.63, 3.8) is 0 Å². The van der Waals surface area contributed by atoms with E-state index in [1.165, 1.54) is 12.1 Å². The molecule has 0 saturated carbocycles. The van der Waals surface area contributed by atoms with Crippen molar-refractivity contribution in [2.24, 2.45) is 5.84 Å². The number of hydrazine groups is 1. The molecule has 100 valence electrons. The van der Waals surface area contributed by atoms with Crippen LogP contribution in [-0.2, 0) is 6.42 Å². The molecule has 1 aromatic carbocycles. The summed E-state index contributed by atoms with van der Waals surface area (Å²) in [6.07, 6.45) is 0.766. The minimum absolute atomic E-state index is 0.218. The van der Waals surface area contributed by atoms with Crippen molar-refractivity contribution in [3.05, 3.63) is 58.7 Å². The maximum absolute atomic E-state index is 13.0. The zero-order chi connectivity index (χ0) is 13.8. The van der Waals surface area contributed by atoms with Gasteiger partial charge in [-0.3, -0.25) is 5.84 Å². The van der Waals surface area contributed by atoms with Gasteiger partial charge in [0.05, 0.1) is 17.4 Å². The minimum Gasteiger partial charge on any atom is -0.271 e. The number of nitrogens with two attached hydrogens (primary N) is 1. The Morgan fingerprint density at radius 2 is 1.95 bits per heavy atom. The van der Waals surface area contributed by atoms with E-state index in [0.29, 0.717) is 0 Å². The minimum atomic E-state index is -0.265. The van der Waals surface area contributed by atoms with E-state index < -0.39 is 0 Å². The molecule has 1 aromatic heterocycles. The summed E-state index contributed by atoms with van der Waals surface area (Å²) in [5.41, 5.74) is 6.35. The SMILES string of the molecule is CCc1nnc(C)cc1C(NN)c1ccc(F)cc1. The van der Waals surface area contributed by atoms with E-state index in [-0.39, 0.29) is 11.9 Å². The molecule has 0 aliphatic carbocycles. The highest BCUT2D eigenvalue weighted by atomic mass is 19.1. The van der Waals surface area contributed by atoms with E-state index in [1.807, 2.05) is 19.9 Å². The normalized spacial score (nSPS) is 12.4. The first-order valence-corrected chi connectivity index (χ1v) is 6.20. The lowest BCUT2D eigenvalue weighted by atomic mass is 9.97. The van der Waals surface area contributed by atoms with Gasteiger partial charge < -0.3 is 0 Å². The van der Waals surface area contributed by atoms with Crippen molar-refractivity contribution in [2.75, 3.05) is 0 Å². The Kier molecular flexibility index (Phi) is 4.19. The summed E-state index contributed by atoms with van der Waals surface area (Å²) in [5, 5.41) is 8.25. The van der Waals surface area contributed by atoms with Gasteiger partial charge in [0.25, 0.3) is 0 Å². The largest absolute Gasteiger partial charge is 0.271 e. The van der Waals surface area contributed by atoms with Gasteiger partial charge >= 0.3 is 0 Å². The van der Waals surface area contributed by atoms with Crippen LogP contribution in [0.2, 0.25) is 0 Å². The van der Waals surface area contributed by atoms with Gasteiger partial charge in [-0.2, -0.15) is 10.2 Å². The van der Waals surface area contributed by atoms with E-state index in [9.17, 15) is 4.39 Å². The fraction of sp³-hybridized carbons (Fsp3) is 0.286. The van der Waals surface area contributed by atoms with Crippen LogP contribution < -0.4 is 11.3 Å². The first kappa shape index (κ1) is 13.6. The standard InChI is InChI=1S/C14H17FN4/c1-3-13-12(8-9(2)18-19-13)14(17-16)10-4-6-11(15)7-5-10/h4-8,14,17H,3,16H2,1-2H3. The van der Waals surface area contributed by atoms with Gasteiger partial charge in [-0.05, 0) is 37.1 Å². The summed E-state index contributed by atoms with van der Waals surface area (Å²) < 4.78 is 13.0. The summed E-state index contributed by atoms with van der Waals surface area (Å²) in [6.45, 7) is 3.90. The number of benzene rings is 1. The van der Waals surface area contributed by atoms with Crippen LogP contribution in [0.25, 0.3) is 0 Å². The molecule has 0 bridgehead atoms. The van der Waals surface area contributed by atoms with E-state index >= 15 is 0 Å². The van der Waals surface area contributed by atoms with Crippen LogP contribution in [0, 0.1) is 12.7 Å². The van der Waals surface area contributed by atoms with Crippen molar-refractivity contribution in [1.82, 2.24) is 15.6 Å². The summed E-state index contributed by atoms with van der Waals surface area (Å²) in [6, 6.07) is 8.02. The number of halogens is 1. The summed E-state index contributed by atoms with van der Waals surface area (Å²) in [7, 11) is 0. The van der Waals surface area contributed by atoms with Gasteiger partial charge in [-0.1, -0.05) is 19.1 Å². The second-order valence-corrected chi connectivity index (χ2v) is 4.39. The Bertz CT molecular complexity index is 554. The molecular formula is C14H17FN4. The van der Waals surface area contributed by atoms with Crippen LogP contribution in [0.15, 0.2) is 30.3 Å². The van der Waals surface area contributed by atoms with Crippen LogP contribution in [0.4, 0.5) is 4.39 Å². The second kappa shape index (κ2) is 5.86. The van der Waals surface area contributed by atoms with Crippen molar-refractivity contribution in [3.8, 4) is 0 Å². The molecule has 0 aliphatic heterocycles. The van der Waals surface area contributed by atoms with Crippen LogP contribution in [0.1, 0.15) is 35.5 Å². The van der Waals surface area contributed by atoms with E-state index in [1.54, 1.807) is 12.1 Å². The Labute approximate surface area is 111 Å². The summed E-state index contributed by atoms with van der Waals surface area (Å²) in [4.78, 5) is 0. The third-order valence-electron chi connectivity index (χ3n) is 3.04. The average molecular weight is 260 g/mol. The van der Waals surface area contributed by atoms with Gasteiger partial charge in [-0.25, -0.2) is 9.82 Å². The van der Waals surface area contributed by atoms with E-state index in [4.69, 9.17) is 5.84 Å². The average Bonchev–Trinajstić information content (AvgIpc) is 2.42. The molecule has 1 unspecified atom stereocenters. The molecule has 1 atom stereocenters. The fourth-order valence-corrected chi connectivity index (χ4v) is 2.08. The molecular weight excluding hydrogens is 243 g/mol. The second-order valence-electron chi connectivity index (χ2n) is 4.39. The molecule has 0 spiro atoms. The fourth-order valence-electron chi connectivity index (χ4n) is 2.08. The van der Waals surface area contributed by atoms with Crippen molar-refractivity contribution in [2.45, 2.75) is 26.3 Å². The Balaban J connectivity index is 2.47. The summed E-state index contributed by atoms with van der Waals surface area (Å²) >= 11 is 0. The number of hydrogen-bond acceptors (Lipinski definition) is 4. The first-order valence-electron chi connectivity index (χ1n) is 6.20. The zero-order valence-corrected chi connectivity index (χ0v) is 11.0. The van der Waals surface area contributed by atoms with E-state index in [2.05, 4.69) is 15.6 Å². The molecule has 5 heteroatoms. The number of nitrogens with one attached hydrogen (secondary N) is 1. The first-order chi connectivity index (χ1) is 9.15. The molecule has 0 radical (unpaired) electrons. The van der Waals surface area contributed by atoms with Crippen LogP contribution in [0.5, 0.6) is 0 Å². The van der Waals surface area contributed by atoms with E-state index in [0.717, 1.165) is 28.9 Å². The number of aryl methyl sites for hydroxylation is 2. The number of nitrogens with zero attached hydrogens (tertiary/aromatic N) is 2. The predicted octanol–water partition coefficient (Wildman–Crippen LogP) is 2.04. The lowest BCUT2D eigenvalue weighted by molar-refractivity contribution is 0.609. The monoisotopic (exact) mass is 260 g/mol. The smallest absolute Gasteiger partial charge is 0.123 e. The molecule has 0 saturated heterocycles. The van der Waals surface area contributed by atoms with Crippen molar-refractivity contribution in [1.29, 1.82) is 0 Å². The number of rotatable bonds is 4. The molecule has 3 N–H and O–H groups in total. The maximum atomic E-state index is 13.0. The maximum Gasteiger partial charge on any atom is 0.123 e. The molecule has 0 amide bonds. The highest BCUT2D eigenvalue weighted by Crippen LogP contribution is 2.24. The van der Waals surface area contributed by atoms with Gasteiger partial charge in [0.1, 0.15) is 5.82 Å². The van der Waals surface area contributed by atoms with Gasteiger partial charge in [0.15, 0.2) is 0 Å². The highest BCUT2D eigenvalue weighted by Gasteiger charge is 2.17.